The fourth-order valence-electron chi connectivity index (χ4n) is 13.4. The number of aliphatic hydroxyl groups excluding tert-OH is 1. The number of carbonyl (C=O) groups is 1. The summed E-state index contributed by atoms with van der Waals surface area (Å²) in [6.45, 7) is 12.0. The smallest absolute Gasteiger partial charge is 0.394 e. The van der Waals surface area contributed by atoms with Crippen molar-refractivity contribution >= 4 is 27.3 Å². The van der Waals surface area contributed by atoms with Crippen LogP contribution in [-0.4, -0.2) is 136 Å². The predicted molar refractivity (Wildman–Crippen MR) is 220 cm³/mol. The second-order valence-electron chi connectivity index (χ2n) is 19.3. The lowest BCUT2D eigenvalue weighted by molar-refractivity contribution is -0.354. The highest BCUT2D eigenvalue weighted by atomic mass is 32.3. The summed E-state index contributed by atoms with van der Waals surface area (Å²) in [5, 5.41) is 75.0. The van der Waals surface area contributed by atoms with Crippen molar-refractivity contribution in [1.82, 2.24) is 9.88 Å². The van der Waals surface area contributed by atoms with Crippen LogP contribution in [0.1, 0.15) is 91.5 Å². The third-order valence-corrected chi connectivity index (χ3v) is 16.3. The van der Waals surface area contributed by atoms with E-state index in [9.17, 15) is 40.2 Å². The van der Waals surface area contributed by atoms with E-state index in [0.717, 1.165) is 22.9 Å². The van der Waals surface area contributed by atoms with Gasteiger partial charge in [-0.2, -0.15) is 8.42 Å². The van der Waals surface area contributed by atoms with Crippen LogP contribution in [0.25, 0.3) is 10.9 Å². The van der Waals surface area contributed by atoms with Gasteiger partial charge in [0.2, 0.25) is 11.3 Å². The molecule has 340 valence electrons. The van der Waals surface area contributed by atoms with Crippen LogP contribution < -0.4 is 10.3 Å². The number of H-pyrrole nitrogens is 1. The van der Waals surface area contributed by atoms with Crippen molar-refractivity contribution in [1.29, 1.82) is 0 Å². The Morgan fingerprint density at radius 3 is 2.28 bits per heavy atom. The molecular formula is C43H62N2O15S. The molecule has 1 aromatic heterocycles. The second kappa shape index (κ2) is 15.0. The third-order valence-electron chi connectivity index (χ3n) is 16.3. The monoisotopic (exact) mass is 878 g/mol. The minimum Gasteiger partial charge on any atom is -0.495 e. The predicted octanol–water partition coefficient (Wildman–Crippen LogP) is 2.18. The molecule has 7 fully saturated rings. The molecule has 9 N–H and O–H groups in total. The summed E-state index contributed by atoms with van der Waals surface area (Å²) < 4.78 is 49.4. The number of aromatic amines is 1. The summed E-state index contributed by atoms with van der Waals surface area (Å²) in [7, 11) is -3.07. The van der Waals surface area contributed by atoms with Crippen molar-refractivity contribution in [3.63, 3.8) is 0 Å². The van der Waals surface area contributed by atoms with E-state index in [1.807, 2.05) is 32.0 Å². The van der Waals surface area contributed by atoms with Gasteiger partial charge in [-0.25, -0.2) is 4.79 Å². The number of carbonyl (C=O) groups excluding carboxylic acids is 1. The van der Waals surface area contributed by atoms with Gasteiger partial charge in [-0.05, 0) is 83.8 Å². The van der Waals surface area contributed by atoms with Gasteiger partial charge in [0.1, 0.15) is 28.2 Å². The third kappa shape index (κ3) is 6.65. The number of methoxy groups -OCH3 is 1. The van der Waals surface area contributed by atoms with Gasteiger partial charge in [0.25, 0.3) is 0 Å². The Morgan fingerprint density at radius 2 is 1.64 bits per heavy atom. The van der Waals surface area contributed by atoms with Gasteiger partial charge in [-0.1, -0.05) is 32.1 Å². The van der Waals surface area contributed by atoms with Crippen molar-refractivity contribution in [2.45, 2.75) is 145 Å². The molecule has 7 aliphatic rings. The number of nitrogens with zero attached hydrogens (tertiary/aromatic N) is 1. The molecule has 14 unspecified atom stereocenters. The molecule has 4 heterocycles. The maximum Gasteiger partial charge on any atom is 0.394 e. The van der Waals surface area contributed by atoms with E-state index in [1.54, 1.807) is 40.0 Å². The SMILES string of the molecule is CC=C(C)C(=O)OC1CCC2(C)C3CCC4C5(O)CC(O)C6(O)C(CN7CC(C)CCC7C6(C)O)C5(O)CC42OC13O.COc1cccc2c(C)cc(=O)[nH]c12.O=S(=O)(O)O. The Bertz CT molecular complexity index is 2260. The van der Waals surface area contributed by atoms with Crippen LogP contribution in [0.2, 0.25) is 0 Å². The molecule has 4 bridgehead atoms. The lowest BCUT2D eigenvalue weighted by Gasteiger charge is -2.68. The van der Waals surface area contributed by atoms with E-state index in [1.165, 1.54) is 0 Å². The zero-order valence-corrected chi connectivity index (χ0v) is 36.6. The van der Waals surface area contributed by atoms with Crippen LogP contribution in [0.4, 0.5) is 0 Å². The number of aliphatic hydroxyl groups is 6. The molecule has 2 aromatic rings. The van der Waals surface area contributed by atoms with Crippen LogP contribution in [0.3, 0.4) is 0 Å². The van der Waals surface area contributed by atoms with E-state index in [4.69, 9.17) is 31.7 Å². The van der Waals surface area contributed by atoms with Crippen molar-refractivity contribution in [3.05, 3.63) is 51.8 Å². The number of rotatable bonds is 3. The van der Waals surface area contributed by atoms with Crippen LogP contribution in [0, 0.1) is 36.0 Å². The fourth-order valence-corrected chi connectivity index (χ4v) is 13.4. The van der Waals surface area contributed by atoms with Gasteiger partial charge < -0.3 is 49.8 Å². The number of fused-ring (bicyclic) bond motifs is 6. The quantitative estimate of drug-likeness (QED) is 0.121. The normalized spacial score (nSPS) is 44.8. The fraction of sp³-hybridized carbons (Fsp3) is 0.721. The van der Waals surface area contributed by atoms with E-state index >= 15 is 0 Å². The van der Waals surface area contributed by atoms with Crippen LogP contribution in [-0.2, 0) is 24.7 Å². The van der Waals surface area contributed by atoms with Gasteiger partial charge in [0.05, 0.1) is 24.3 Å². The lowest BCUT2D eigenvalue weighted by Crippen LogP contribution is -2.85. The van der Waals surface area contributed by atoms with Crippen molar-refractivity contribution in [3.8, 4) is 5.75 Å². The zero-order chi connectivity index (χ0) is 45.1. The van der Waals surface area contributed by atoms with Crippen LogP contribution >= 0.6 is 0 Å². The van der Waals surface area contributed by atoms with Crippen LogP contribution in [0.5, 0.6) is 5.75 Å². The lowest BCUT2D eigenvalue weighted by atomic mass is 9.49. The average Bonchev–Trinajstić information content (AvgIpc) is 3.34. The molecule has 0 radical (unpaired) electrons. The standard InChI is InChI=1S/C32H49NO9.C11H11NO2.H2O4S/c1-6-18(3)25(35)41-24-11-12-26(4)19-8-9-20-28(37)13-23(34)31(39)21(29(28,38)16-30(20,26)42-32(19,24)40)15-33-14-17(2)7-10-22(33)27(31,5)36;1-7-6-10(13)12-11-8(7)4-3-5-9(11)14-2;1-5(2,3)4/h6,17,19-24,34,36-40H,7-16H2,1-5H3;3-6H,1-2H3,(H,12,13);(H2,1,2,3,4). The maximum atomic E-state index is 12.9. The average molecular weight is 879 g/mol. The first kappa shape index (κ1) is 46.0. The number of allylic oxidation sites excluding steroid dienone is 1. The highest BCUT2D eigenvalue weighted by molar-refractivity contribution is 7.79. The number of hydrogen-bond donors (Lipinski definition) is 9. The molecule has 3 aliphatic heterocycles. The summed E-state index contributed by atoms with van der Waals surface area (Å²) in [5.41, 5.74) is -7.33. The van der Waals surface area contributed by atoms with Gasteiger partial charge in [-0.3, -0.25) is 18.8 Å². The summed E-state index contributed by atoms with van der Waals surface area (Å²) in [6.07, 6.45) is 2.30. The molecule has 1 spiro atoms. The first-order valence-corrected chi connectivity index (χ1v) is 22.5. The molecule has 17 nitrogen and oxygen atoms in total. The van der Waals surface area contributed by atoms with E-state index in [0.29, 0.717) is 55.9 Å². The molecular weight excluding hydrogens is 817 g/mol. The molecule has 4 saturated carbocycles. The van der Waals surface area contributed by atoms with E-state index in [2.05, 4.69) is 16.8 Å². The first-order chi connectivity index (χ1) is 28.2. The zero-order valence-electron chi connectivity index (χ0n) is 35.8. The summed E-state index contributed by atoms with van der Waals surface area (Å²) in [6, 6.07) is 6.90. The second-order valence-corrected chi connectivity index (χ2v) is 20.2. The minimum absolute atomic E-state index is 0.0606. The molecule has 9 rings (SSSR count). The number of ether oxygens (including phenoxy) is 3. The summed E-state index contributed by atoms with van der Waals surface area (Å²) in [4.78, 5) is 28.9. The number of para-hydroxylation sites is 1. The Kier molecular flexibility index (Phi) is 11.3. The molecule has 14 atom stereocenters. The Morgan fingerprint density at radius 1 is 0.984 bits per heavy atom. The van der Waals surface area contributed by atoms with Crippen LogP contribution in [0.15, 0.2) is 40.7 Å². The Labute approximate surface area is 355 Å². The van der Waals surface area contributed by atoms with Gasteiger partial charge in [-0.15, -0.1) is 0 Å². The number of benzene rings is 1. The highest BCUT2D eigenvalue weighted by Crippen LogP contribution is 2.78. The highest BCUT2D eigenvalue weighted by Gasteiger charge is 2.88. The Hall–Kier alpha value is -3.01. The number of piperidine rings is 2. The minimum atomic E-state index is -4.67. The van der Waals surface area contributed by atoms with Gasteiger partial charge in [0, 0.05) is 72.2 Å². The Balaban J connectivity index is 0.000000244. The summed E-state index contributed by atoms with van der Waals surface area (Å²) >= 11 is 0. The molecule has 0 amide bonds. The van der Waals surface area contributed by atoms with Crippen molar-refractivity contribution < 1.29 is 67.2 Å². The molecule has 3 saturated heterocycles. The number of aromatic nitrogens is 1. The van der Waals surface area contributed by atoms with Crippen molar-refractivity contribution in [2.75, 3.05) is 20.2 Å². The summed E-state index contributed by atoms with van der Waals surface area (Å²) in [5.74, 6) is -3.35. The van der Waals surface area contributed by atoms with E-state index < -0.39 is 85.5 Å². The molecule has 4 aliphatic carbocycles. The topological polar surface area (TPSA) is 277 Å². The molecule has 1 aromatic carbocycles. The number of pyridine rings is 1. The van der Waals surface area contributed by atoms with Crippen molar-refractivity contribution in [2.24, 2.45) is 29.1 Å². The largest absolute Gasteiger partial charge is 0.495 e. The maximum absolute atomic E-state index is 12.9. The van der Waals surface area contributed by atoms with Gasteiger partial charge >= 0.3 is 16.4 Å². The van der Waals surface area contributed by atoms with E-state index in [-0.39, 0.29) is 31.0 Å². The molecule has 61 heavy (non-hydrogen) atoms. The number of nitrogens with one attached hydrogen (secondary N) is 1. The number of esters is 1. The number of hydrogen-bond acceptors (Lipinski definition) is 14. The number of aryl methyl sites for hydroxylation is 1. The van der Waals surface area contributed by atoms with Gasteiger partial charge in [0.15, 0.2) is 6.10 Å². The first-order valence-electron chi connectivity index (χ1n) is 21.1. The molecule has 18 heteroatoms.